The third-order valence-corrected chi connectivity index (χ3v) is 8.21. The van der Waals surface area contributed by atoms with E-state index in [4.69, 9.17) is 14.1 Å². The highest BCUT2D eigenvalue weighted by atomic mass is 79.9. The van der Waals surface area contributed by atoms with Crippen molar-refractivity contribution >= 4 is 44.9 Å². The van der Waals surface area contributed by atoms with Crippen molar-refractivity contribution < 1.29 is 13.9 Å². The van der Waals surface area contributed by atoms with Crippen molar-refractivity contribution in [2.75, 3.05) is 12.4 Å². The monoisotopic (exact) mass is 625 g/mol. The topological polar surface area (TPSA) is 85.8 Å². The molecule has 0 bridgehead atoms. The lowest BCUT2D eigenvalue weighted by molar-refractivity contribution is -0.113. The number of anilines is 1. The number of carbonyl (C=O) groups excluding carboxylic acids is 1. The second-order valence-corrected chi connectivity index (χ2v) is 11.3. The van der Waals surface area contributed by atoms with E-state index in [9.17, 15) is 9.59 Å². The van der Waals surface area contributed by atoms with E-state index >= 15 is 0 Å². The molecule has 0 unspecified atom stereocenters. The van der Waals surface area contributed by atoms with Crippen LogP contribution in [0.5, 0.6) is 5.75 Å². The van der Waals surface area contributed by atoms with Crippen molar-refractivity contribution in [1.29, 1.82) is 0 Å². The van der Waals surface area contributed by atoms with Crippen LogP contribution in [0.4, 0.5) is 5.69 Å². The molecule has 0 saturated carbocycles. The first kappa shape index (κ1) is 26.7. The van der Waals surface area contributed by atoms with Crippen LogP contribution in [0.2, 0.25) is 0 Å². The summed E-state index contributed by atoms with van der Waals surface area (Å²) in [7, 11) is 1.59. The van der Waals surface area contributed by atoms with Crippen LogP contribution in [-0.2, 0) is 4.79 Å². The van der Waals surface area contributed by atoms with Crippen molar-refractivity contribution in [2.45, 2.75) is 13.0 Å². The van der Waals surface area contributed by atoms with E-state index in [1.807, 2.05) is 91.0 Å². The molecule has 0 radical (unpaired) electrons. The smallest absolute Gasteiger partial charge is 0.271 e. The Hall–Kier alpha value is -4.47. The van der Waals surface area contributed by atoms with Crippen molar-refractivity contribution in [3.8, 4) is 17.1 Å². The molecule has 41 heavy (non-hydrogen) atoms. The molecule has 7 nitrogen and oxygen atoms in total. The number of nitrogens with zero attached hydrogens (tertiary/aromatic N) is 2. The molecule has 0 saturated heterocycles. The predicted octanol–water partition coefficient (Wildman–Crippen LogP) is 5.91. The van der Waals surface area contributed by atoms with Crippen LogP contribution in [0.15, 0.2) is 121 Å². The molecule has 0 spiro atoms. The van der Waals surface area contributed by atoms with E-state index in [1.165, 1.54) is 11.3 Å². The van der Waals surface area contributed by atoms with Crippen LogP contribution in [0.25, 0.3) is 17.4 Å². The molecule has 1 aliphatic rings. The second-order valence-electron chi connectivity index (χ2n) is 9.39. The maximum Gasteiger partial charge on any atom is 0.271 e. The second kappa shape index (κ2) is 11.2. The number of furan rings is 1. The number of rotatable bonds is 6. The summed E-state index contributed by atoms with van der Waals surface area (Å²) in [5.74, 6) is 1.59. The highest BCUT2D eigenvalue weighted by molar-refractivity contribution is 9.10. The van der Waals surface area contributed by atoms with Gasteiger partial charge in [-0.3, -0.25) is 14.2 Å². The highest BCUT2D eigenvalue weighted by Gasteiger charge is 2.32. The van der Waals surface area contributed by atoms with Gasteiger partial charge in [0.05, 0.1) is 29.0 Å². The van der Waals surface area contributed by atoms with E-state index in [0.717, 1.165) is 15.6 Å². The van der Waals surface area contributed by atoms with Gasteiger partial charge in [-0.25, -0.2) is 4.99 Å². The van der Waals surface area contributed by atoms with E-state index in [0.29, 0.717) is 43.6 Å². The first-order chi connectivity index (χ1) is 19.9. The fourth-order valence-corrected chi connectivity index (χ4v) is 6.22. The Kier molecular flexibility index (Phi) is 7.30. The first-order valence-corrected chi connectivity index (χ1v) is 14.4. The quantitative estimate of drug-likeness (QED) is 0.254. The number of allylic oxidation sites excluding steroid dienone is 1. The lowest BCUT2D eigenvalue weighted by Gasteiger charge is -2.25. The predicted molar refractivity (Wildman–Crippen MR) is 164 cm³/mol. The fraction of sp³-hybridized carbons (Fsp3) is 0.0938. The molecular formula is C32H24BrN3O4S. The SMILES string of the molecule is COc1ccc([C@@H]2C(C(=O)Nc3ccccc3)=C(C)N=c3s/c(=C/c4ccc(-c5cccc(Br)c5)o4)c(=O)n32)cc1. The molecule has 204 valence electrons. The number of benzene rings is 3. The average Bonchev–Trinajstić information content (AvgIpc) is 3.57. The average molecular weight is 627 g/mol. The fourth-order valence-electron chi connectivity index (χ4n) is 4.79. The number of methoxy groups -OCH3 is 1. The molecule has 5 aromatic rings. The lowest BCUT2D eigenvalue weighted by atomic mass is 9.95. The van der Waals surface area contributed by atoms with Gasteiger partial charge < -0.3 is 14.5 Å². The number of amides is 1. The van der Waals surface area contributed by atoms with Gasteiger partial charge in [-0.1, -0.05) is 69.7 Å². The summed E-state index contributed by atoms with van der Waals surface area (Å²) < 4.78 is 14.4. The molecule has 0 fully saturated rings. The van der Waals surface area contributed by atoms with E-state index in [2.05, 4.69) is 21.2 Å². The van der Waals surface area contributed by atoms with Gasteiger partial charge in [0.2, 0.25) is 0 Å². The molecular weight excluding hydrogens is 602 g/mol. The van der Waals surface area contributed by atoms with Crippen molar-refractivity contribution in [3.05, 3.63) is 138 Å². The molecule has 1 N–H and O–H groups in total. The molecule has 2 aromatic heterocycles. The van der Waals surface area contributed by atoms with Gasteiger partial charge in [0, 0.05) is 21.8 Å². The minimum absolute atomic E-state index is 0.257. The summed E-state index contributed by atoms with van der Waals surface area (Å²) in [5.41, 5.74) is 3.02. The van der Waals surface area contributed by atoms with Crippen LogP contribution in [0.1, 0.15) is 24.3 Å². The number of hydrogen-bond acceptors (Lipinski definition) is 6. The number of para-hydroxylation sites is 1. The zero-order valence-electron chi connectivity index (χ0n) is 22.1. The zero-order chi connectivity index (χ0) is 28.5. The Morgan fingerprint density at radius 3 is 2.56 bits per heavy atom. The molecule has 1 atom stereocenters. The summed E-state index contributed by atoms with van der Waals surface area (Å²) in [6.45, 7) is 1.80. The van der Waals surface area contributed by atoms with Gasteiger partial charge in [-0.05, 0) is 61.0 Å². The molecule has 0 aliphatic carbocycles. The highest BCUT2D eigenvalue weighted by Crippen LogP contribution is 2.32. The zero-order valence-corrected chi connectivity index (χ0v) is 24.5. The molecule has 6 rings (SSSR count). The molecule has 3 aromatic carbocycles. The minimum atomic E-state index is -0.683. The first-order valence-electron chi connectivity index (χ1n) is 12.8. The van der Waals surface area contributed by atoms with Gasteiger partial charge in [-0.15, -0.1) is 0 Å². The van der Waals surface area contributed by atoms with Crippen LogP contribution in [0.3, 0.4) is 0 Å². The Labute approximate surface area is 247 Å². The van der Waals surface area contributed by atoms with Gasteiger partial charge in [0.1, 0.15) is 17.3 Å². The normalized spacial score (nSPS) is 14.9. The summed E-state index contributed by atoms with van der Waals surface area (Å²) >= 11 is 4.75. The lowest BCUT2D eigenvalue weighted by Crippen LogP contribution is -2.40. The van der Waals surface area contributed by atoms with Crippen LogP contribution < -0.4 is 24.9 Å². The molecule has 1 amide bonds. The number of hydrogen-bond donors (Lipinski definition) is 1. The Bertz CT molecular complexity index is 1970. The third kappa shape index (κ3) is 5.33. The number of aromatic nitrogens is 1. The third-order valence-electron chi connectivity index (χ3n) is 6.74. The van der Waals surface area contributed by atoms with Crippen molar-refractivity contribution in [2.24, 2.45) is 4.99 Å². The van der Waals surface area contributed by atoms with Crippen LogP contribution in [0, 0.1) is 0 Å². The number of nitrogens with one attached hydrogen (secondary N) is 1. The molecule has 1 aliphatic heterocycles. The summed E-state index contributed by atoms with van der Waals surface area (Å²) in [4.78, 5) is 32.8. The van der Waals surface area contributed by atoms with Crippen molar-refractivity contribution in [1.82, 2.24) is 4.57 Å². The van der Waals surface area contributed by atoms with Crippen molar-refractivity contribution in [3.63, 3.8) is 0 Å². The Morgan fingerprint density at radius 1 is 1.05 bits per heavy atom. The minimum Gasteiger partial charge on any atom is -0.497 e. The van der Waals surface area contributed by atoms with Gasteiger partial charge >= 0.3 is 0 Å². The summed E-state index contributed by atoms with van der Waals surface area (Å²) in [6, 6.07) is 27.4. The van der Waals surface area contributed by atoms with Gasteiger partial charge in [0.25, 0.3) is 11.5 Å². The molecule has 9 heteroatoms. The maximum atomic E-state index is 13.9. The standard InChI is InChI=1S/C32H24BrN3O4S/c1-19-28(30(37)35-23-9-4-3-5-10-23)29(20-11-13-24(39-2)14-12-20)36-31(38)27(41-32(36)34-19)18-25-15-16-26(40-25)21-7-6-8-22(33)17-21/h3-18,29H,1-2H3,(H,35,37)/b27-18+/t29-/m1/s1. The number of fused-ring (bicyclic) bond motifs is 1. The number of ether oxygens (including phenoxy) is 1. The van der Waals surface area contributed by atoms with E-state index < -0.39 is 6.04 Å². The summed E-state index contributed by atoms with van der Waals surface area (Å²) in [5, 5.41) is 2.96. The van der Waals surface area contributed by atoms with E-state index in [-0.39, 0.29) is 11.5 Å². The van der Waals surface area contributed by atoms with Gasteiger partial charge in [-0.2, -0.15) is 0 Å². The maximum absolute atomic E-state index is 13.9. The van der Waals surface area contributed by atoms with Crippen LogP contribution >= 0.6 is 27.3 Å². The molecule has 3 heterocycles. The van der Waals surface area contributed by atoms with Crippen LogP contribution in [-0.4, -0.2) is 17.6 Å². The Morgan fingerprint density at radius 2 is 1.83 bits per heavy atom. The van der Waals surface area contributed by atoms with E-state index in [1.54, 1.807) is 24.7 Å². The largest absolute Gasteiger partial charge is 0.497 e. The Balaban J connectivity index is 1.45. The number of thiazole rings is 1. The number of carbonyl (C=O) groups is 1. The summed E-state index contributed by atoms with van der Waals surface area (Å²) in [6.07, 6.45) is 1.72. The van der Waals surface area contributed by atoms with Gasteiger partial charge in [0.15, 0.2) is 4.80 Å². The number of halogens is 1.